The fourth-order valence-corrected chi connectivity index (χ4v) is 2.96. The lowest BCUT2D eigenvalue weighted by Crippen LogP contribution is -2.13. The average Bonchev–Trinajstić information content (AvgIpc) is 2.59. The van der Waals surface area contributed by atoms with Crippen LogP contribution < -0.4 is 11.1 Å². The van der Waals surface area contributed by atoms with Crippen LogP contribution in [0, 0.1) is 0 Å². The largest absolute Gasteiger partial charge is 0.508 e. The fourth-order valence-electron chi connectivity index (χ4n) is 2.12. The van der Waals surface area contributed by atoms with Crippen molar-refractivity contribution in [2.75, 3.05) is 11.1 Å². The van der Waals surface area contributed by atoms with E-state index >= 15 is 0 Å². The number of carbonyl (C=O) groups is 1. The smallest absolute Gasteiger partial charge is 0.278 e. The Morgan fingerprint density at radius 2 is 1.84 bits per heavy atom. The number of anilines is 2. The second-order valence-corrected chi connectivity index (χ2v) is 6.29. The lowest BCUT2D eigenvalue weighted by molar-refractivity contribution is 0.101. The molecule has 6 nitrogen and oxygen atoms in total. The molecule has 0 radical (unpaired) electrons. The van der Waals surface area contributed by atoms with Gasteiger partial charge in [-0.2, -0.15) is 0 Å². The summed E-state index contributed by atoms with van der Waals surface area (Å²) in [6.07, 6.45) is 1.43. The SMILES string of the molecule is Nc1cc(NC(=O)c2ncccc2O)ccc1Sc1ccc(O)cc1. The first-order valence-electron chi connectivity index (χ1n) is 7.34. The van der Waals surface area contributed by atoms with E-state index in [9.17, 15) is 15.0 Å². The van der Waals surface area contributed by atoms with E-state index in [4.69, 9.17) is 5.73 Å². The van der Waals surface area contributed by atoms with Gasteiger partial charge in [0.1, 0.15) is 11.5 Å². The summed E-state index contributed by atoms with van der Waals surface area (Å²) in [5.74, 6) is -0.503. The van der Waals surface area contributed by atoms with E-state index in [2.05, 4.69) is 10.3 Å². The molecule has 0 spiro atoms. The van der Waals surface area contributed by atoms with Gasteiger partial charge in [-0.3, -0.25) is 4.79 Å². The lowest BCUT2D eigenvalue weighted by atomic mass is 10.2. The number of nitrogens with two attached hydrogens (primary N) is 1. The third kappa shape index (κ3) is 4.02. The predicted molar refractivity (Wildman–Crippen MR) is 96.9 cm³/mol. The van der Waals surface area contributed by atoms with E-state index < -0.39 is 5.91 Å². The minimum Gasteiger partial charge on any atom is -0.508 e. The molecule has 0 saturated heterocycles. The number of aromatic nitrogens is 1. The van der Waals surface area contributed by atoms with E-state index in [0.717, 1.165) is 9.79 Å². The number of carbonyl (C=O) groups excluding carboxylic acids is 1. The van der Waals surface area contributed by atoms with E-state index in [1.165, 1.54) is 24.0 Å². The number of aromatic hydroxyl groups is 2. The van der Waals surface area contributed by atoms with Crippen molar-refractivity contribution in [3.8, 4) is 11.5 Å². The first-order valence-corrected chi connectivity index (χ1v) is 8.16. The molecular weight excluding hydrogens is 338 g/mol. The number of phenolic OH excluding ortho intramolecular Hbond substituents is 1. The molecule has 7 heteroatoms. The highest BCUT2D eigenvalue weighted by molar-refractivity contribution is 7.99. The Balaban J connectivity index is 1.74. The second-order valence-electron chi connectivity index (χ2n) is 5.17. The van der Waals surface area contributed by atoms with Gasteiger partial charge in [-0.05, 0) is 54.6 Å². The zero-order chi connectivity index (χ0) is 17.8. The van der Waals surface area contributed by atoms with E-state index in [1.807, 2.05) is 0 Å². The molecule has 3 aromatic rings. The van der Waals surface area contributed by atoms with Gasteiger partial charge in [0.15, 0.2) is 5.69 Å². The normalized spacial score (nSPS) is 10.4. The molecule has 0 bridgehead atoms. The number of pyridine rings is 1. The summed E-state index contributed by atoms with van der Waals surface area (Å²) < 4.78 is 0. The molecule has 25 heavy (non-hydrogen) atoms. The molecule has 0 aliphatic rings. The Bertz CT molecular complexity index is 914. The number of rotatable bonds is 4. The van der Waals surface area contributed by atoms with Crippen molar-refractivity contribution in [1.29, 1.82) is 0 Å². The van der Waals surface area contributed by atoms with Crippen LogP contribution in [-0.4, -0.2) is 21.1 Å². The van der Waals surface area contributed by atoms with Crippen molar-refractivity contribution in [2.24, 2.45) is 0 Å². The van der Waals surface area contributed by atoms with E-state index in [1.54, 1.807) is 48.5 Å². The zero-order valence-corrected chi connectivity index (χ0v) is 13.8. The topological polar surface area (TPSA) is 108 Å². The molecule has 126 valence electrons. The molecule has 1 amide bonds. The lowest BCUT2D eigenvalue weighted by Gasteiger charge is -2.10. The van der Waals surface area contributed by atoms with Crippen LogP contribution in [0.15, 0.2) is 70.6 Å². The summed E-state index contributed by atoms with van der Waals surface area (Å²) in [5.41, 5.74) is 7.01. The number of amides is 1. The van der Waals surface area contributed by atoms with Crippen molar-refractivity contribution < 1.29 is 15.0 Å². The first-order chi connectivity index (χ1) is 12.0. The summed E-state index contributed by atoms with van der Waals surface area (Å²) in [6, 6.07) is 14.9. The minimum atomic E-state index is -0.517. The second kappa shape index (κ2) is 7.14. The molecule has 2 aromatic carbocycles. The summed E-state index contributed by atoms with van der Waals surface area (Å²) in [7, 11) is 0. The fraction of sp³-hybridized carbons (Fsp3) is 0. The summed E-state index contributed by atoms with van der Waals surface area (Å²) >= 11 is 1.45. The van der Waals surface area contributed by atoms with Crippen LogP contribution in [0.25, 0.3) is 0 Å². The van der Waals surface area contributed by atoms with Gasteiger partial charge in [-0.1, -0.05) is 11.8 Å². The number of nitrogens with one attached hydrogen (secondary N) is 1. The highest BCUT2D eigenvalue weighted by Gasteiger charge is 2.13. The van der Waals surface area contributed by atoms with Crippen LogP contribution in [0.3, 0.4) is 0 Å². The van der Waals surface area contributed by atoms with Crippen LogP contribution in [0.4, 0.5) is 11.4 Å². The molecule has 5 N–H and O–H groups in total. The van der Waals surface area contributed by atoms with Gasteiger partial charge in [0.2, 0.25) is 0 Å². The number of nitrogen functional groups attached to an aromatic ring is 1. The summed E-state index contributed by atoms with van der Waals surface area (Å²) in [6.45, 7) is 0. The summed E-state index contributed by atoms with van der Waals surface area (Å²) in [5, 5.41) is 21.6. The highest BCUT2D eigenvalue weighted by Crippen LogP contribution is 2.34. The Morgan fingerprint density at radius 3 is 2.52 bits per heavy atom. The van der Waals surface area contributed by atoms with Crippen LogP contribution >= 0.6 is 11.8 Å². The zero-order valence-electron chi connectivity index (χ0n) is 13.0. The van der Waals surface area contributed by atoms with Crippen molar-refractivity contribution in [3.05, 3.63) is 66.5 Å². The van der Waals surface area contributed by atoms with E-state index in [-0.39, 0.29) is 17.2 Å². The van der Waals surface area contributed by atoms with Crippen LogP contribution in [-0.2, 0) is 0 Å². The van der Waals surface area contributed by atoms with Gasteiger partial charge >= 0.3 is 0 Å². The highest BCUT2D eigenvalue weighted by atomic mass is 32.2. The van der Waals surface area contributed by atoms with Gasteiger partial charge in [0, 0.05) is 27.4 Å². The molecule has 1 heterocycles. The maximum Gasteiger partial charge on any atom is 0.278 e. The van der Waals surface area contributed by atoms with E-state index in [0.29, 0.717) is 11.4 Å². The summed E-state index contributed by atoms with van der Waals surface area (Å²) in [4.78, 5) is 17.8. The maximum atomic E-state index is 12.2. The molecule has 0 fully saturated rings. The number of phenols is 1. The Morgan fingerprint density at radius 1 is 1.08 bits per heavy atom. The number of hydrogen-bond donors (Lipinski definition) is 4. The third-order valence-electron chi connectivity index (χ3n) is 3.33. The quantitative estimate of drug-likeness (QED) is 0.535. The molecular formula is C18H15N3O3S. The number of nitrogens with zero attached hydrogens (tertiary/aromatic N) is 1. The van der Waals surface area contributed by atoms with Crippen molar-refractivity contribution in [2.45, 2.75) is 9.79 Å². The number of hydrogen-bond acceptors (Lipinski definition) is 6. The molecule has 0 atom stereocenters. The van der Waals surface area contributed by atoms with Crippen LogP contribution in [0.1, 0.15) is 10.5 Å². The van der Waals surface area contributed by atoms with Crippen molar-refractivity contribution in [1.82, 2.24) is 4.98 Å². The number of benzene rings is 2. The Kier molecular flexibility index (Phi) is 4.76. The molecule has 0 unspecified atom stereocenters. The minimum absolute atomic E-state index is 0.0522. The molecule has 1 aromatic heterocycles. The first kappa shape index (κ1) is 16.7. The third-order valence-corrected chi connectivity index (χ3v) is 4.43. The van der Waals surface area contributed by atoms with Gasteiger partial charge in [-0.15, -0.1) is 0 Å². The average molecular weight is 353 g/mol. The predicted octanol–water partition coefficient (Wildman–Crippen LogP) is 3.48. The molecule has 0 saturated carbocycles. The Hall–Kier alpha value is -3.19. The van der Waals surface area contributed by atoms with Crippen molar-refractivity contribution in [3.63, 3.8) is 0 Å². The molecule has 0 aliphatic heterocycles. The van der Waals surface area contributed by atoms with Crippen LogP contribution in [0.2, 0.25) is 0 Å². The van der Waals surface area contributed by atoms with Gasteiger partial charge < -0.3 is 21.3 Å². The Labute approximate surface area is 148 Å². The van der Waals surface area contributed by atoms with Gasteiger partial charge in [0.05, 0.1) is 0 Å². The maximum absolute atomic E-state index is 12.2. The standard InChI is InChI=1S/C18H15N3O3S/c19-14-10-11(21-18(24)17-15(23)2-1-9-20-17)3-8-16(14)25-13-6-4-12(22)5-7-13/h1-10,22-23H,19H2,(H,21,24). The molecule has 0 aliphatic carbocycles. The molecule has 3 rings (SSSR count). The van der Waals surface area contributed by atoms with Crippen molar-refractivity contribution >= 4 is 29.0 Å². The monoisotopic (exact) mass is 353 g/mol. The van der Waals surface area contributed by atoms with Gasteiger partial charge in [0.25, 0.3) is 5.91 Å². The van der Waals surface area contributed by atoms with Crippen LogP contribution in [0.5, 0.6) is 11.5 Å². The van der Waals surface area contributed by atoms with Gasteiger partial charge in [-0.25, -0.2) is 4.98 Å².